The van der Waals surface area contributed by atoms with E-state index in [0.717, 1.165) is 24.5 Å². The molecule has 0 saturated carbocycles. The highest BCUT2D eigenvalue weighted by Gasteiger charge is 2.18. The predicted molar refractivity (Wildman–Crippen MR) is 125 cm³/mol. The Balaban J connectivity index is 1.38. The van der Waals surface area contributed by atoms with Crippen molar-refractivity contribution in [3.05, 3.63) is 84.4 Å². The van der Waals surface area contributed by atoms with Gasteiger partial charge in [-0.2, -0.15) is 0 Å². The van der Waals surface area contributed by atoms with Gasteiger partial charge in [-0.05, 0) is 36.4 Å². The standard InChI is InChI=1S/C25H25N3O4/c29-24(27-22-12-6-7-13-23(22)28-14-16-31-17-15-28)18-32-25(30)20-10-4-5-11-21(20)26-19-8-2-1-3-9-19/h1-13,26H,14-18H2,(H,27,29). The number of esters is 1. The molecule has 0 aromatic heterocycles. The van der Waals surface area contributed by atoms with E-state index in [4.69, 9.17) is 9.47 Å². The summed E-state index contributed by atoms with van der Waals surface area (Å²) >= 11 is 0. The van der Waals surface area contributed by atoms with E-state index in [1.54, 1.807) is 18.2 Å². The summed E-state index contributed by atoms with van der Waals surface area (Å²) in [4.78, 5) is 27.3. The van der Waals surface area contributed by atoms with Gasteiger partial charge >= 0.3 is 5.97 Å². The minimum atomic E-state index is -0.569. The number of carbonyl (C=O) groups is 2. The second kappa shape index (κ2) is 10.5. The summed E-state index contributed by atoms with van der Waals surface area (Å²) in [6, 6.07) is 24.2. The lowest BCUT2D eigenvalue weighted by Crippen LogP contribution is -2.36. The van der Waals surface area contributed by atoms with Crippen LogP contribution in [0.3, 0.4) is 0 Å². The molecule has 3 aromatic carbocycles. The average molecular weight is 431 g/mol. The van der Waals surface area contributed by atoms with E-state index in [9.17, 15) is 9.59 Å². The first kappa shape index (κ1) is 21.4. The van der Waals surface area contributed by atoms with E-state index < -0.39 is 11.9 Å². The molecule has 1 aliphatic rings. The van der Waals surface area contributed by atoms with E-state index >= 15 is 0 Å². The Morgan fingerprint density at radius 3 is 2.28 bits per heavy atom. The molecule has 0 radical (unpaired) electrons. The molecule has 7 heteroatoms. The van der Waals surface area contributed by atoms with E-state index in [2.05, 4.69) is 15.5 Å². The van der Waals surface area contributed by atoms with Crippen LogP contribution in [0.2, 0.25) is 0 Å². The van der Waals surface area contributed by atoms with Crippen molar-refractivity contribution in [1.82, 2.24) is 0 Å². The Kier molecular flexibility index (Phi) is 6.99. The monoisotopic (exact) mass is 431 g/mol. The third-order valence-corrected chi connectivity index (χ3v) is 5.06. The molecule has 1 amide bonds. The summed E-state index contributed by atoms with van der Waals surface area (Å²) in [5.74, 6) is -0.965. The fraction of sp³-hybridized carbons (Fsp3) is 0.200. The minimum Gasteiger partial charge on any atom is -0.452 e. The third kappa shape index (κ3) is 5.44. The number of anilines is 4. The molecule has 3 aromatic rings. The van der Waals surface area contributed by atoms with Crippen molar-refractivity contribution in [1.29, 1.82) is 0 Å². The maximum Gasteiger partial charge on any atom is 0.340 e. The van der Waals surface area contributed by atoms with Gasteiger partial charge in [0.05, 0.1) is 35.8 Å². The van der Waals surface area contributed by atoms with Crippen molar-refractivity contribution in [2.24, 2.45) is 0 Å². The van der Waals surface area contributed by atoms with Crippen LogP contribution < -0.4 is 15.5 Å². The second-order valence-corrected chi connectivity index (χ2v) is 7.28. The van der Waals surface area contributed by atoms with Crippen LogP contribution in [0.4, 0.5) is 22.7 Å². The molecule has 0 atom stereocenters. The maximum atomic E-state index is 12.7. The number of nitrogens with one attached hydrogen (secondary N) is 2. The first-order valence-corrected chi connectivity index (χ1v) is 10.5. The largest absolute Gasteiger partial charge is 0.452 e. The number of para-hydroxylation sites is 4. The summed E-state index contributed by atoms with van der Waals surface area (Å²) in [7, 11) is 0. The molecule has 32 heavy (non-hydrogen) atoms. The van der Waals surface area contributed by atoms with Gasteiger partial charge in [0, 0.05) is 18.8 Å². The normalized spacial score (nSPS) is 13.3. The van der Waals surface area contributed by atoms with Crippen LogP contribution in [0.25, 0.3) is 0 Å². The van der Waals surface area contributed by atoms with Crippen LogP contribution in [0.15, 0.2) is 78.9 Å². The van der Waals surface area contributed by atoms with Gasteiger partial charge in [-0.15, -0.1) is 0 Å². The highest BCUT2D eigenvalue weighted by Crippen LogP contribution is 2.26. The van der Waals surface area contributed by atoms with E-state index in [-0.39, 0.29) is 6.61 Å². The van der Waals surface area contributed by atoms with Crippen molar-refractivity contribution in [2.45, 2.75) is 0 Å². The molecule has 2 N–H and O–H groups in total. The average Bonchev–Trinajstić information content (AvgIpc) is 2.84. The van der Waals surface area contributed by atoms with Crippen LogP contribution in [-0.2, 0) is 14.3 Å². The smallest absolute Gasteiger partial charge is 0.340 e. The Labute approximate surface area is 187 Å². The lowest BCUT2D eigenvalue weighted by atomic mass is 10.1. The summed E-state index contributed by atoms with van der Waals surface area (Å²) in [6.07, 6.45) is 0. The number of hydrogen-bond donors (Lipinski definition) is 2. The van der Waals surface area contributed by atoms with Gasteiger partial charge in [0.25, 0.3) is 5.91 Å². The quantitative estimate of drug-likeness (QED) is 0.549. The molecule has 4 rings (SSSR count). The van der Waals surface area contributed by atoms with Crippen LogP contribution in [-0.4, -0.2) is 44.8 Å². The topological polar surface area (TPSA) is 79.9 Å². The first-order valence-electron chi connectivity index (χ1n) is 10.5. The number of rotatable bonds is 7. The molecule has 1 fully saturated rings. The van der Waals surface area contributed by atoms with Crippen molar-refractivity contribution in [3.63, 3.8) is 0 Å². The van der Waals surface area contributed by atoms with Crippen LogP contribution >= 0.6 is 0 Å². The number of amides is 1. The van der Waals surface area contributed by atoms with Gasteiger partial charge in [-0.1, -0.05) is 42.5 Å². The minimum absolute atomic E-state index is 0.359. The SMILES string of the molecule is O=C(COC(=O)c1ccccc1Nc1ccccc1)Nc1ccccc1N1CCOCC1. The molecule has 1 saturated heterocycles. The molecule has 164 valence electrons. The summed E-state index contributed by atoms with van der Waals surface area (Å²) in [6.45, 7) is 2.43. The number of carbonyl (C=O) groups excluding carboxylic acids is 2. The second-order valence-electron chi connectivity index (χ2n) is 7.28. The molecule has 7 nitrogen and oxygen atoms in total. The fourth-order valence-corrected chi connectivity index (χ4v) is 3.50. The molecule has 0 unspecified atom stereocenters. The van der Waals surface area contributed by atoms with Gasteiger partial charge in [0.2, 0.25) is 0 Å². The highest BCUT2D eigenvalue weighted by atomic mass is 16.5. The van der Waals surface area contributed by atoms with Crippen molar-refractivity contribution in [3.8, 4) is 0 Å². The van der Waals surface area contributed by atoms with Crippen LogP contribution in [0.1, 0.15) is 10.4 Å². The van der Waals surface area contributed by atoms with E-state index in [1.807, 2.05) is 60.7 Å². The molecule has 0 spiro atoms. The zero-order valence-corrected chi connectivity index (χ0v) is 17.6. The Morgan fingerprint density at radius 1 is 0.844 bits per heavy atom. The van der Waals surface area contributed by atoms with Crippen LogP contribution in [0, 0.1) is 0 Å². The zero-order valence-electron chi connectivity index (χ0n) is 17.6. The number of morpholine rings is 1. The van der Waals surface area contributed by atoms with Gasteiger partial charge in [-0.25, -0.2) is 4.79 Å². The summed E-state index contributed by atoms with van der Waals surface area (Å²) in [5.41, 5.74) is 3.43. The van der Waals surface area contributed by atoms with Gasteiger partial charge in [0.1, 0.15) is 0 Å². The third-order valence-electron chi connectivity index (χ3n) is 5.06. The molecule has 0 aliphatic carbocycles. The molecule has 1 heterocycles. The van der Waals surface area contributed by atoms with Gasteiger partial charge in [0.15, 0.2) is 6.61 Å². The lowest BCUT2D eigenvalue weighted by Gasteiger charge is -2.30. The fourth-order valence-electron chi connectivity index (χ4n) is 3.50. The molecular formula is C25H25N3O4. The zero-order chi connectivity index (χ0) is 22.2. The first-order chi connectivity index (χ1) is 15.7. The van der Waals surface area contributed by atoms with Crippen molar-refractivity contribution in [2.75, 3.05) is 48.4 Å². The van der Waals surface area contributed by atoms with Crippen molar-refractivity contribution < 1.29 is 19.1 Å². The van der Waals surface area contributed by atoms with Gasteiger partial charge < -0.3 is 25.0 Å². The maximum absolute atomic E-state index is 12.7. The predicted octanol–water partition coefficient (Wildman–Crippen LogP) is 4.06. The highest BCUT2D eigenvalue weighted by molar-refractivity contribution is 6.00. The molecule has 1 aliphatic heterocycles. The molecular weight excluding hydrogens is 406 g/mol. The number of nitrogens with zero attached hydrogens (tertiary/aromatic N) is 1. The Hall–Kier alpha value is -3.84. The summed E-state index contributed by atoms with van der Waals surface area (Å²) < 4.78 is 10.7. The molecule has 0 bridgehead atoms. The Morgan fingerprint density at radius 2 is 1.50 bits per heavy atom. The summed E-state index contributed by atoms with van der Waals surface area (Å²) in [5, 5.41) is 6.06. The number of hydrogen-bond acceptors (Lipinski definition) is 6. The van der Waals surface area contributed by atoms with E-state index in [1.165, 1.54) is 0 Å². The van der Waals surface area contributed by atoms with Crippen molar-refractivity contribution >= 4 is 34.6 Å². The van der Waals surface area contributed by atoms with E-state index in [0.29, 0.717) is 30.2 Å². The Bertz CT molecular complexity index is 1070. The number of benzene rings is 3. The number of ether oxygens (including phenoxy) is 2. The van der Waals surface area contributed by atoms with Crippen LogP contribution in [0.5, 0.6) is 0 Å². The lowest BCUT2D eigenvalue weighted by molar-refractivity contribution is -0.119. The van der Waals surface area contributed by atoms with Gasteiger partial charge in [-0.3, -0.25) is 4.79 Å².